The number of anilines is 1. The van der Waals surface area contributed by atoms with E-state index in [0.29, 0.717) is 6.04 Å². The van der Waals surface area contributed by atoms with Crippen molar-refractivity contribution >= 4 is 5.69 Å². The summed E-state index contributed by atoms with van der Waals surface area (Å²) in [6, 6.07) is 19.8. The maximum absolute atomic E-state index is 5.42. The van der Waals surface area contributed by atoms with Gasteiger partial charge in [-0.1, -0.05) is 48.5 Å². The molecule has 2 aromatic carbocycles. The molecule has 0 radical (unpaired) electrons. The van der Waals surface area contributed by atoms with Gasteiger partial charge in [0.05, 0.1) is 0 Å². The summed E-state index contributed by atoms with van der Waals surface area (Å²) in [6.45, 7) is 1.75. The molecule has 20 heavy (non-hydrogen) atoms. The van der Waals surface area contributed by atoms with Crippen LogP contribution in [-0.2, 0) is 11.2 Å². The van der Waals surface area contributed by atoms with Gasteiger partial charge in [-0.3, -0.25) is 0 Å². The van der Waals surface area contributed by atoms with Gasteiger partial charge in [0.25, 0.3) is 0 Å². The Bertz CT molecular complexity index is 532. The molecule has 1 heterocycles. The summed E-state index contributed by atoms with van der Waals surface area (Å²) in [5.74, 6) is 0. The minimum atomic E-state index is 0.542. The van der Waals surface area contributed by atoms with Crippen molar-refractivity contribution < 1.29 is 4.74 Å². The Hall–Kier alpha value is -1.80. The van der Waals surface area contributed by atoms with E-state index in [-0.39, 0.29) is 0 Å². The number of hydrogen-bond acceptors (Lipinski definition) is 2. The van der Waals surface area contributed by atoms with E-state index in [0.717, 1.165) is 32.5 Å². The lowest BCUT2D eigenvalue weighted by molar-refractivity contribution is 0.0904. The normalized spacial score (nSPS) is 16.0. The van der Waals surface area contributed by atoms with Gasteiger partial charge in [0, 0.05) is 24.9 Å². The van der Waals surface area contributed by atoms with Gasteiger partial charge < -0.3 is 10.1 Å². The molecule has 1 fully saturated rings. The first kappa shape index (κ1) is 13.2. The molecule has 0 amide bonds. The van der Waals surface area contributed by atoms with Crippen LogP contribution >= 0.6 is 0 Å². The summed E-state index contributed by atoms with van der Waals surface area (Å²) in [5, 5.41) is 3.69. The number of hydrogen-bond donors (Lipinski definition) is 1. The zero-order valence-corrected chi connectivity index (χ0v) is 11.7. The summed E-state index contributed by atoms with van der Waals surface area (Å²) < 4.78 is 5.42. The summed E-state index contributed by atoms with van der Waals surface area (Å²) in [5.41, 5.74) is 3.99. The van der Waals surface area contributed by atoms with E-state index < -0.39 is 0 Å². The highest BCUT2D eigenvalue weighted by molar-refractivity contribution is 5.53. The molecule has 2 nitrogen and oxygen atoms in total. The maximum Gasteiger partial charge on any atom is 0.0485 e. The van der Waals surface area contributed by atoms with E-state index in [1.807, 2.05) is 0 Å². The van der Waals surface area contributed by atoms with Crippen LogP contribution in [0.15, 0.2) is 54.6 Å². The Morgan fingerprint density at radius 2 is 1.60 bits per heavy atom. The van der Waals surface area contributed by atoms with Crippen LogP contribution in [0.25, 0.3) is 0 Å². The molecular weight excluding hydrogens is 246 g/mol. The minimum absolute atomic E-state index is 0.542. The first-order chi connectivity index (χ1) is 9.92. The van der Waals surface area contributed by atoms with Crippen LogP contribution in [0.1, 0.15) is 24.0 Å². The molecular formula is C18H21NO. The standard InChI is InChI=1S/C18H21NO/c1-2-6-15(7-3-1)14-16-8-4-5-9-18(16)19-17-10-12-20-13-11-17/h1-9,17,19H,10-14H2. The van der Waals surface area contributed by atoms with Crippen LogP contribution in [0.3, 0.4) is 0 Å². The van der Waals surface area contributed by atoms with Crippen molar-refractivity contribution in [3.63, 3.8) is 0 Å². The molecule has 1 N–H and O–H groups in total. The van der Waals surface area contributed by atoms with Gasteiger partial charge in [0.1, 0.15) is 0 Å². The fraction of sp³-hybridized carbons (Fsp3) is 0.333. The van der Waals surface area contributed by atoms with Gasteiger partial charge in [-0.15, -0.1) is 0 Å². The van der Waals surface area contributed by atoms with Crippen LogP contribution in [0.5, 0.6) is 0 Å². The molecule has 0 aliphatic carbocycles. The van der Waals surface area contributed by atoms with E-state index in [4.69, 9.17) is 4.74 Å². The van der Waals surface area contributed by atoms with Crippen LogP contribution in [0.2, 0.25) is 0 Å². The Morgan fingerprint density at radius 3 is 2.40 bits per heavy atom. The topological polar surface area (TPSA) is 21.3 Å². The quantitative estimate of drug-likeness (QED) is 0.908. The molecule has 2 heteroatoms. The van der Waals surface area contributed by atoms with Crippen molar-refractivity contribution in [1.82, 2.24) is 0 Å². The van der Waals surface area contributed by atoms with Gasteiger partial charge in [0.15, 0.2) is 0 Å². The number of ether oxygens (including phenoxy) is 1. The highest BCUT2D eigenvalue weighted by Gasteiger charge is 2.14. The molecule has 3 rings (SSSR count). The molecule has 0 aromatic heterocycles. The summed E-state index contributed by atoms with van der Waals surface area (Å²) in [6.07, 6.45) is 3.17. The molecule has 2 aromatic rings. The monoisotopic (exact) mass is 267 g/mol. The third-order valence-corrected chi connectivity index (χ3v) is 3.84. The predicted molar refractivity (Wildman–Crippen MR) is 83.2 cm³/mol. The second-order valence-corrected chi connectivity index (χ2v) is 5.35. The van der Waals surface area contributed by atoms with E-state index in [1.54, 1.807) is 0 Å². The third kappa shape index (κ3) is 3.40. The van der Waals surface area contributed by atoms with Crippen LogP contribution < -0.4 is 5.32 Å². The smallest absolute Gasteiger partial charge is 0.0485 e. The number of benzene rings is 2. The first-order valence-electron chi connectivity index (χ1n) is 7.38. The highest BCUT2D eigenvalue weighted by Crippen LogP contribution is 2.22. The lowest BCUT2D eigenvalue weighted by Gasteiger charge is -2.25. The Kier molecular flexibility index (Phi) is 4.34. The van der Waals surface area contributed by atoms with E-state index in [2.05, 4.69) is 59.9 Å². The average Bonchev–Trinajstić information content (AvgIpc) is 2.51. The van der Waals surface area contributed by atoms with Crippen molar-refractivity contribution in [3.05, 3.63) is 65.7 Å². The fourth-order valence-electron chi connectivity index (χ4n) is 2.69. The molecule has 1 saturated heterocycles. The summed E-state index contributed by atoms with van der Waals surface area (Å²) >= 11 is 0. The number of nitrogens with one attached hydrogen (secondary N) is 1. The predicted octanol–water partition coefficient (Wildman–Crippen LogP) is 3.87. The van der Waals surface area contributed by atoms with Gasteiger partial charge in [0.2, 0.25) is 0 Å². The minimum Gasteiger partial charge on any atom is -0.382 e. The molecule has 0 unspecified atom stereocenters. The maximum atomic E-state index is 5.42. The Labute approximate surface area is 120 Å². The van der Waals surface area contributed by atoms with Crippen LogP contribution in [0.4, 0.5) is 5.69 Å². The SMILES string of the molecule is c1ccc(Cc2ccccc2NC2CCOCC2)cc1. The van der Waals surface area contributed by atoms with Gasteiger partial charge in [-0.25, -0.2) is 0 Å². The van der Waals surface area contributed by atoms with Crippen molar-refractivity contribution in [1.29, 1.82) is 0 Å². The van der Waals surface area contributed by atoms with Gasteiger partial charge in [-0.05, 0) is 36.5 Å². The third-order valence-electron chi connectivity index (χ3n) is 3.84. The molecule has 1 aliphatic rings. The number of para-hydroxylation sites is 1. The zero-order chi connectivity index (χ0) is 13.6. The lowest BCUT2D eigenvalue weighted by atomic mass is 10.0. The van der Waals surface area contributed by atoms with Crippen LogP contribution in [-0.4, -0.2) is 19.3 Å². The van der Waals surface area contributed by atoms with E-state index in [9.17, 15) is 0 Å². The van der Waals surface area contributed by atoms with Crippen molar-refractivity contribution in [2.75, 3.05) is 18.5 Å². The average molecular weight is 267 g/mol. The van der Waals surface area contributed by atoms with Crippen molar-refractivity contribution in [2.24, 2.45) is 0 Å². The molecule has 104 valence electrons. The molecule has 0 bridgehead atoms. The van der Waals surface area contributed by atoms with Gasteiger partial charge in [-0.2, -0.15) is 0 Å². The van der Waals surface area contributed by atoms with E-state index in [1.165, 1.54) is 16.8 Å². The first-order valence-corrected chi connectivity index (χ1v) is 7.38. The summed E-state index contributed by atoms with van der Waals surface area (Å²) in [4.78, 5) is 0. The van der Waals surface area contributed by atoms with Crippen molar-refractivity contribution in [2.45, 2.75) is 25.3 Å². The van der Waals surface area contributed by atoms with Crippen LogP contribution in [0, 0.1) is 0 Å². The van der Waals surface area contributed by atoms with Crippen molar-refractivity contribution in [3.8, 4) is 0 Å². The largest absolute Gasteiger partial charge is 0.382 e. The molecule has 0 saturated carbocycles. The fourth-order valence-corrected chi connectivity index (χ4v) is 2.69. The molecule has 0 spiro atoms. The van der Waals surface area contributed by atoms with Gasteiger partial charge >= 0.3 is 0 Å². The Morgan fingerprint density at radius 1 is 0.900 bits per heavy atom. The Balaban J connectivity index is 1.74. The lowest BCUT2D eigenvalue weighted by Crippen LogP contribution is -2.28. The molecule has 0 atom stereocenters. The number of rotatable bonds is 4. The van der Waals surface area contributed by atoms with E-state index >= 15 is 0 Å². The summed E-state index contributed by atoms with van der Waals surface area (Å²) in [7, 11) is 0. The second kappa shape index (κ2) is 6.58. The molecule has 1 aliphatic heterocycles. The second-order valence-electron chi connectivity index (χ2n) is 5.35. The highest BCUT2D eigenvalue weighted by atomic mass is 16.5. The zero-order valence-electron chi connectivity index (χ0n) is 11.7.